The first-order chi connectivity index (χ1) is 7.65. The number of Topliss-reactive ketones (excluding diaryl/α,β-unsaturated/α-hetero) is 1. The van der Waals surface area contributed by atoms with E-state index in [1.165, 1.54) is 19.3 Å². The molecule has 2 aliphatic rings. The van der Waals surface area contributed by atoms with Crippen molar-refractivity contribution in [2.45, 2.75) is 32.6 Å². The Bertz CT molecular complexity index is 416. The molecule has 3 atom stereocenters. The highest BCUT2D eigenvalue weighted by molar-refractivity contribution is 5.96. The monoisotopic (exact) mass is 218 g/mol. The van der Waals surface area contributed by atoms with Gasteiger partial charge >= 0.3 is 0 Å². The van der Waals surface area contributed by atoms with Crippen LogP contribution in [0.4, 0.5) is 0 Å². The van der Waals surface area contributed by atoms with E-state index >= 15 is 0 Å². The molecule has 3 unspecified atom stereocenters. The van der Waals surface area contributed by atoms with E-state index in [9.17, 15) is 4.79 Å². The van der Waals surface area contributed by atoms with E-state index in [4.69, 9.17) is 0 Å². The van der Waals surface area contributed by atoms with Gasteiger partial charge in [0.1, 0.15) is 11.5 Å². The van der Waals surface area contributed by atoms with Crippen LogP contribution in [-0.2, 0) is 7.05 Å². The molecule has 3 heteroatoms. The number of aromatic nitrogens is 2. The molecule has 2 fully saturated rings. The Morgan fingerprint density at radius 1 is 1.44 bits per heavy atom. The zero-order valence-electron chi connectivity index (χ0n) is 9.94. The summed E-state index contributed by atoms with van der Waals surface area (Å²) >= 11 is 0. The molecule has 2 aliphatic carbocycles. The van der Waals surface area contributed by atoms with Crippen LogP contribution in [0.5, 0.6) is 0 Å². The lowest BCUT2D eigenvalue weighted by Gasteiger charge is -2.18. The summed E-state index contributed by atoms with van der Waals surface area (Å²) in [4.78, 5) is 16.7. The van der Waals surface area contributed by atoms with Crippen LogP contribution in [0.1, 0.15) is 42.0 Å². The Balaban J connectivity index is 1.83. The Morgan fingerprint density at radius 3 is 2.75 bits per heavy atom. The fraction of sp³-hybridized carbons (Fsp3) is 0.692. The van der Waals surface area contributed by atoms with E-state index in [-0.39, 0.29) is 11.7 Å². The summed E-state index contributed by atoms with van der Waals surface area (Å²) in [6, 6.07) is 0. The van der Waals surface area contributed by atoms with Crippen molar-refractivity contribution in [3.63, 3.8) is 0 Å². The van der Waals surface area contributed by atoms with Crippen molar-refractivity contribution in [3.05, 3.63) is 17.7 Å². The van der Waals surface area contributed by atoms with Gasteiger partial charge in [0.15, 0.2) is 5.78 Å². The fourth-order valence-electron chi connectivity index (χ4n) is 3.43. The third kappa shape index (κ3) is 1.41. The van der Waals surface area contributed by atoms with Crippen molar-refractivity contribution < 1.29 is 4.79 Å². The number of carbonyl (C=O) groups is 1. The molecular formula is C13H18N2O. The van der Waals surface area contributed by atoms with Crippen LogP contribution in [0.15, 0.2) is 6.20 Å². The lowest BCUT2D eigenvalue weighted by molar-refractivity contribution is 0.0869. The van der Waals surface area contributed by atoms with Crippen LogP contribution < -0.4 is 0 Å². The van der Waals surface area contributed by atoms with E-state index in [2.05, 4.69) is 4.98 Å². The summed E-state index contributed by atoms with van der Waals surface area (Å²) in [5, 5.41) is 0. The molecule has 0 amide bonds. The molecule has 0 aliphatic heterocycles. The van der Waals surface area contributed by atoms with Crippen LogP contribution in [0.2, 0.25) is 0 Å². The number of carbonyl (C=O) groups excluding carboxylic acids is 1. The topological polar surface area (TPSA) is 34.9 Å². The van der Waals surface area contributed by atoms with Gasteiger partial charge in [-0.2, -0.15) is 0 Å². The molecule has 0 spiro atoms. The van der Waals surface area contributed by atoms with E-state index < -0.39 is 0 Å². The third-order valence-electron chi connectivity index (χ3n) is 4.44. The highest BCUT2D eigenvalue weighted by Crippen LogP contribution is 2.49. The molecule has 3 nitrogen and oxygen atoms in total. The number of ketones is 1. The molecule has 1 heterocycles. The van der Waals surface area contributed by atoms with Crippen LogP contribution in [0.3, 0.4) is 0 Å². The van der Waals surface area contributed by atoms with Crippen LogP contribution in [-0.4, -0.2) is 15.3 Å². The molecule has 0 radical (unpaired) electrons. The maximum absolute atomic E-state index is 12.3. The normalized spacial score (nSPS) is 32.2. The minimum absolute atomic E-state index is 0.271. The molecule has 0 N–H and O–H groups in total. The van der Waals surface area contributed by atoms with E-state index in [0.29, 0.717) is 11.6 Å². The fourth-order valence-corrected chi connectivity index (χ4v) is 3.43. The number of fused-ring (bicyclic) bond motifs is 2. The average molecular weight is 218 g/mol. The quantitative estimate of drug-likeness (QED) is 0.714. The first kappa shape index (κ1) is 10.1. The maximum atomic E-state index is 12.3. The van der Waals surface area contributed by atoms with Gasteiger partial charge < -0.3 is 4.57 Å². The Hall–Kier alpha value is -1.12. The van der Waals surface area contributed by atoms with Crippen LogP contribution in [0, 0.1) is 24.7 Å². The van der Waals surface area contributed by atoms with Gasteiger partial charge in [0.25, 0.3) is 0 Å². The molecule has 1 aromatic heterocycles. The first-order valence-electron chi connectivity index (χ1n) is 6.19. The van der Waals surface area contributed by atoms with Gasteiger partial charge in [-0.05, 0) is 38.0 Å². The lowest BCUT2D eigenvalue weighted by atomic mass is 9.85. The second kappa shape index (κ2) is 3.44. The second-order valence-corrected chi connectivity index (χ2v) is 5.43. The molecule has 0 aromatic carbocycles. The molecule has 3 rings (SSSR count). The Kier molecular flexibility index (Phi) is 2.16. The highest BCUT2D eigenvalue weighted by Gasteiger charge is 2.43. The largest absolute Gasteiger partial charge is 0.337 e. The van der Waals surface area contributed by atoms with Gasteiger partial charge in [0.05, 0.1) is 0 Å². The van der Waals surface area contributed by atoms with Gasteiger partial charge in [0.2, 0.25) is 0 Å². The predicted octanol–water partition coefficient (Wildman–Crippen LogP) is 2.35. The first-order valence-corrected chi connectivity index (χ1v) is 6.19. The van der Waals surface area contributed by atoms with Crippen LogP contribution >= 0.6 is 0 Å². The van der Waals surface area contributed by atoms with Crippen molar-refractivity contribution in [2.75, 3.05) is 0 Å². The van der Waals surface area contributed by atoms with Crippen molar-refractivity contribution >= 4 is 5.78 Å². The predicted molar refractivity (Wildman–Crippen MR) is 61.2 cm³/mol. The average Bonchev–Trinajstić information content (AvgIpc) is 2.94. The smallest absolute Gasteiger partial charge is 0.186 e. The molecule has 2 bridgehead atoms. The van der Waals surface area contributed by atoms with E-state index in [0.717, 1.165) is 18.2 Å². The summed E-state index contributed by atoms with van der Waals surface area (Å²) in [7, 11) is 1.94. The maximum Gasteiger partial charge on any atom is 0.186 e. The van der Waals surface area contributed by atoms with Crippen molar-refractivity contribution in [3.8, 4) is 0 Å². The summed E-state index contributed by atoms with van der Waals surface area (Å²) in [6.07, 6.45) is 6.87. The van der Waals surface area contributed by atoms with Gasteiger partial charge in [-0.25, -0.2) is 4.98 Å². The summed E-state index contributed by atoms with van der Waals surface area (Å²) in [5.74, 6) is 2.96. The molecule has 1 aromatic rings. The van der Waals surface area contributed by atoms with E-state index in [1.54, 1.807) is 0 Å². The zero-order valence-corrected chi connectivity index (χ0v) is 9.94. The van der Waals surface area contributed by atoms with Crippen molar-refractivity contribution in [1.82, 2.24) is 9.55 Å². The molecule has 16 heavy (non-hydrogen) atoms. The van der Waals surface area contributed by atoms with Gasteiger partial charge in [-0.3, -0.25) is 4.79 Å². The summed E-state index contributed by atoms with van der Waals surface area (Å²) < 4.78 is 1.93. The van der Waals surface area contributed by atoms with Gasteiger partial charge in [0, 0.05) is 19.2 Å². The third-order valence-corrected chi connectivity index (χ3v) is 4.44. The van der Waals surface area contributed by atoms with E-state index in [1.807, 2.05) is 24.7 Å². The number of hydrogen-bond donors (Lipinski definition) is 0. The van der Waals surface area contributed by atoms with Crippen molar-refractivity contribution in [1.29, 1.82) is 0 Å². The lowest BCUT2D eigenvalue weighted by Crippen LogP contribution is -2.21. The second-order valence-electron chi connectivity index (χ2n) is 5.43. The standard InChI is InChI=1S/C13H18N2O/c1-8-14-12(7-15(8)2)13(16)11-6-9-3-4-10(11)5-9/h7,9-11H,3-6H2,1-2H3. The number of nitrogens with zero attached hydrogens (tertiary/aromatic N) is 2. The zero-order chi connectivity index (χ0) is 11.3. The SMILES string of the molecule is Cc1nc(C(=O)C2CC3CCC2C3)cn1C. The number of imidazole rings is 1. The highest BCUT2D eigenvalue weighted by atomic mass is 16.1. The minimum atomic E-state index is 0.271. The minimum Gasteiger partial charge on any atom is -0.337 e. The van der Waals surface area contributed by atoms with Crippen LogP contribution in [0.25, 0.3) is 0 Å². The Labute approximate surface area is 95.9 Å². The molecule has 0 saturated heterocycles. The summed E-state index contributed by atoms with van der Waals surface area (Å²) in [5.41, 5.74) is 0.678. The summed E-state index contributed by atoms with van der Waals surface area (Å²) in [6.45, 7) is 1.94. The number of rotatable bonds is 2. The number of hydrogen-bond acceptors (Lipinski definition) is 2. The molecule has 86 valence electrons. The van der Waals surface area contributed by atoms with Gasteiger partial charge in [-0.1, -0.05) is 6.42 Å². The number of aryl methyl sites for hydroxylation is 2. The molecular weight excluding hydrogens is 200 g/mol. The van der Waals surface area contributed by atoms with Crippen molar-refractivity contribution in [2.24, 2.45) is 24.8 Å². The molecule has 2 saturated carbocycles. The Morgan fingerprint density at radius 2 is 2.25 bits per heavy atom. The van der Waals surface area contributed by atoms with Gasteiger partial charge in [-0.15, -0.1) is 0 Å².